The molecule has 0 bridgehead atoms. The van der Waals surface area contributed by atoms with E-state index in [0.29, 0.717) is 12.0 Å². The number of benzene rings is 1. The molecule has 0 radical (unpaired) electrons. The van der Waals surface area contributed by atoms with E-state index in [9.17, 15) is 14.0 Å². The maximum atomic E-state index is 13.4. The number of carbonyl (C=O) groups is 2. The fourth-order valence-electron chi connectivity index (χ4n) is 1.75. The number of rotatable bonds is 1. The van der Waals surface area contributed by atoms with Crippen molar-refractivity contribution in [2.24, 2.45) is 0 Å². The molecule has 1 unspecified atom stereocenters. The number of amides is 2. The Bertz CT molecular complexity index is 417. The Hall–Kier alpha value is -1.71. The summed E-state index contributed by atoms with van der Waals surface area (Å²) in [5.74, 6) is -1.63. The molecule has 1 saturated heterocycles. The molecule has 1 fully saturated rings. The van der Waals surface area contributed by atoms with E-state index in [1.165, 1.54) is 6.07 Å². The van der Waals surface area contributed by atoms with Crippen molar-refractivity contribution in [1.82, 2.24) is 5.32 Å². The van der Waals surface area contributed by atoms with E-state index in [-0.39, 0.29) is 12.3 Å². The Morgan fingerprint density at radius 3 is 2.67 bits per heavy atom. The molecule has 0 aromatic heterocycles. The molecule has 3 nitrogen and oxygen atoms in total. The molecule has 0 spiro atoms. The van der Waals surface area contributed by atoms with Crippen LogP contribution in [-0.2, 0) is 9.59 Å². The van der Waals surface area contributed by atoms with Gasteiger partial charge in [-0.25, -0.2) is 4.39 Å². The van der Waals surface area contributed by atoms with E-state index in [4.69, 9.17) is 0 Å². The largest absolute Gasteiger partial charge is 0.296 e. The Balaban J connectivity index is 2.28. The van der Waals surface area contributed by atoms with Crippen LogP contribution in [0.3, 0.4) is 0 Å². The van der Waals surface area contributed by atoms with Gasteiger partial charge in [-0.1, -0.05) is 18.2 Å². The summed E-state index contributed by atoms with van der Waals surface area (Å²) in [5, 5.41) is 2.21. The first-order chi connectivity index (χ1) is 7.18. The third kappa shape index (κ3) is 1.88. The number of hydrogen-bond acceptors (Lipinski definition) is 2. The first-order valence-electron chi connectivity index (χ1n) is 4.76. The van der Waals surface area contributed by atoms with Gasteiger partial charge in [0.25, 0.3) is 0 Å². The summed E-state index contributed by atoms with van der Waals surface area (Å²) in [7, 11) is 0. The molecule has 0 saturated carbocycles. The highest BCUT2D eigenvalue weighted by molar-refractivity contribution is 6.00. The van der Waals surface area contributed by atoms with Crippen molar-refractivity contribution >= 4 is 11.8 Å². The number of hydrogen-bond donors (Lipinski definition) is 1. The molecule has 1 atom stereocenters. The van der Waals surface area contributed by atoms with Crippen LogP contribution in [0.2, 0.25) is 0 Å². The summed E-state index contributed by atoms with van der Waals surface area (Å²) in [6.45, 7) is 0. The number of piperidine rings is 1. The predicted octanol–water partition coefficient (Wildman–Crippen LogP) is 1.35. The highest BCUT2D eigenvalue weighted by Crippen LogP contribution is 2.26. The van der Waals surface area contributed by atoms with Crippen LogP contribution in [0.1, 0.15) is 24.3 Å². The molecule has 2 amide bonds. The zero-order valence-corrected chi connectivity index (χ0v) is 8.00. The second-order valence-corrected chi connectivity index (χ2v) is 3.53. The maximum Gasteiger partial charge on any atom is 0.234 e. The predicted molar refractivity (Wildman–Crippen MR) is 51.5 cm³/mol. The Morgan fingerprint density at radius 1 is 1.27 bits per heavy atom. The molecule has 15 heavy (non-hydrogen) atoms. The number of carbonyl (C=O) groups excluding carboxylic acids is 2. The summed E-state index contributed by atoms with van der Waals surface area (Å²) in [5.41, 5.74) is 0.363. The van der Waals surface area contributed by atoms with E-state index >= 15 is 0 Å². The van der Waals surface area contributed by atoms with Crippen molar-refractivity contribution < 1.29 is 14.0 Å². The Morgan fingerprint density at radius 2 is 2.00 bits per heavy atom. The Kier molecular flexibility index (Phi) is 2.49. The lowest BCUT2D eigenvalue weighted by atomic mass is 9.90. The smallest absolute Gasteiger partial charge is 0.234 e. The van der Waals surface area contributed by atoms with E-state index in [1.54, 1.807) is 18.2 Å². The lowest BCUT2D eigenvalue weighted by Gasteiger charge is -2.21. The molecular weight excluding hydrogens is 197 g/mol. The molecule has 0 aliphatic carbocycles. The summed E-state index contributed by atoms with van der Waals surface area (Å²) in [6.07, 6.45) is 0.649. The van der Waals surface area contributed by atoms with Crippen LogP contribution in [-0.4, -0.2) is 11.8 Å². The summed E-state index contributed by atoms with van der Waals surface area (Å²) in [6, 6.07) is 6.15. The van der Waals surface area contributed by atoms with Crippen molar-refractivity contribution in [2.45, 2.75) is 18.8 Å². The normalized spacial score (nSPS) is 21.3. The number of halogens is 1. The zero-order valence-electron chi connectivity index (χ0n) is 8.00. The molecule has 1 aromatic carbocycles. The highest BCUT2D eigenvalue weighted by Gasteiger charge is 2.29. The molecule has 1 N–H and O–H groups in total. The number of nitrogens with one attached hydrogen (secondary N) is 1. The van der Waals surface area contributed by atoms with Crippen molar-refractivity contribution in [3.8, 4) is 0 Å². The van der Waals surface area contributed by atoms with Crippen LogP contribution in [0.5, 0.6) is 0 Å². The third-order valence-electron chi connectivity index (χ3n) is 2.52. The first kappa shape index (κ1) is 9.83. The molecule has 1 aromatic rings. The maximum absolute atomic E-state index is 13.4. The van der Waals surface area contributed by atoms with Crippen LogP contribution < -0.4 is 5.32 Å². The Labute approximate surface area is 86.3 Å². The molecule has 78 valence electrons. The SMILES string of the molecule is O=C1CCC(c2ccccc2F)C(=O)N1. The van der Waals surface area contributed by atoms with E-state index < -0.39 is 17.6 Å². The molecule has 4 heteroatoms. The van der Waals surface area contributed by atoms with Crippen LogP contribution >= 0.6 is 0 Å². The first-order valence-corrected chi connectivity index (χ1v) is 4.76. The van der Waals surface area contributed by atoms with E-state index in [1.807, 2.05) is 0 Å². The molecule has 2 rings (SSSR count). The van der Waals surface area contributed by atoms with Gasteiger partial charge in [0.05, 0.1) is 5.92 Å². The second-order valence-electron chi connectivity index (χ2n) is 3.53. The van der Waals surface area contributed by atoms with Gasteiger partial charge in [0.1, 0.15) is 5.82 Å². The van der Waals surface area contributed by atoms with Crippen molar-refractivity contribution in [2.75, 3.05) is 0 Å². The molecule has 1 aliphatic heterocycles. The lowest BCUT2D eigenvalue weighted by molar-refractivity contribution is -0.134. The minimum atomic E-state index is -0.538. The van der Waals surface area contributed by atoms with Gasteiger partial charge in [-0.2, -0.15) is 0 Å². The van der Waals surface area contributed by atoms with Gasteiger partial charge in [-0.3, -0.25) is 14.9 Å². The average molecular weight is 207 g/mol. The molecular formula is C11H10FNO2. The van der Waals surface area contributed by atoms with E-state index in [0.717, 1.165) is 0 Å². The van der Waals surface area contributed by atoms with Gasteiger partial charge in [0.15, 0.2) is 0 Å². The topological polar surface area (TPSA) is 46.2 Å². The van der Waals surface area contributed by atoms with Crippen LogP contribution in [0.25, 0.3) is 0 Å². The molecule has 1 aliphatic rings. The van der Waals surface area contributed by atoms with Crippen molar-refractivity contribution in [3.05, 3.63) is 35.6 Å². The van der Waals surface area contributed by atoms with Gasteiger partial charge < -0.3 is 0 Å². The minimum absolute atomic E-state index is 0.269. The van der Waals surface area contributed by atoms with E-state index in [2.05, 4.69) is 5.32 Å². The molecule has 1 heterocycles. The fourth-order valence-corrected chi connectivity index (χ4v) is 1.75. The van der Waals surface area contributed by atoms with Gasteiger partial charge in [-0.05, 0) is 12.5 Å². The minimum Gasteiger partial charge on any atom is -0.296 e. The van der Waals surface area contributed by atoms with Crippen LogP contribution in [0, 0.1) is 5.82 Å². The average Bonchev–Trinajstić information content (AvgIpc) is 2.20. The highest BCUT2D eigenvalue weighted by atomic mass is 19.1. The van der Waals surface area contributed by atoms with Crippen LogP contribution in [0.4, 0.5) is 4.39 Å². The van der Waals surface area contributed by atoms with Gasteiger partial charge in [0, 0.05) is 12.0 Å². The second kappa shape index (κ2) is 3.81. The summed E-state index contributed by atoms with van der Waals surface area (Å²) >= 11 is 0. The van der Waals surface area contributed by atoms with Gasteiger partial charge >= 0.3 is 0 Å². The van der Waals surface area contributed by atoms with Crippen LogP contribution in [0.15, 0.2) is 24.3 Å². The van der Waals surface area contributed by atoms with Gasteiger partial charge in [-0.15, -0.1) is 0 Å². The monoisotopic (exact) mass is 207 g/mol. The zero-order chi connectivity index (χ0) is 10.8. The third-order valence-corrected chi connectivity index (χ3v) is 2.52. The quantitative estimate of drug-likeness (QED) is 0.706. The lowest BCUT2D eigenvalue weighted by Crippen LogP contribution is -2.39. The number of imide groups is 1. The standard InChI is InChI=1S/C11H10FNO2/c12-9-4-2-1-3-7(9)8-5-6-10(14)13-11(8)15/h1-4,8H,5-6H2,(H,13,14,15). The van der Waals surface area contributed by atoms with Crippen molar-refractivity contribution in [3.63, 3.8) is 0 Å². The fraction of sp³-hybridized carbons (Fsp3) is 0.273. The summed E-state index contributed by atoms with van der Waals surface area (Å²) < 4.78 is 13.4. The van der Waals surface area contributed by atoms with Crippen molar-refractivity contribution in [1.29, 1.82) is 0 Å². The van der Waals surface area contributed by atoms with Gasteiger partial charge in [0.2, 0.25) is 11.8 Å². The summed E-state index contributed by atoms with van der Waals surface area (Å²) in [4.78, 5) is 22.4.